The molecule has 0 aromatic rings. The van der Waals surface area contributed by atoms with Crippen LogP contribution in [0, 0.1) is 0 Å². The average Bonchev–Trinajstić information content (AvgIpc) is 0. The summed E-state index contributed by atoms with van der Waals surface area (Å²) in [5.41, 5.74) is 0. The van der Waals surface area contributed by atoms with Crippen LogP contribution in [-0.2, 0) is 50.0 Å². The third-order valence-corrected chi connectivity index (χ3v) is 0. The molecule has 0 aliphatic heterocycles. The Morgan fingerprint density at radius 2 is 0.600 bits per heavy atom. The topological polar surface area (TPSA) is 85.5 Å². The zero-order chi connectivity index (χ0) is 0. The SMILES string of the molecule is [Co+2].[Co+4].[O-2].[O-2].[O-2]. The monoisotopic (exact) mass is 166 g/mol. The van der Waals surface area contributed by atoms with Gasteiger partial charge in [-0.25, -0.2) is 0 Å². The first-order valence-corrected chi connectivity index (χ1v) is 0. The van der Waals surface area contributed by atoms with Crippen molar-refractivity contribution in [2.45, 2.75) is 0 Å². The van der Waals surface area contributed by atoms with E-state index in [-0.39, 0.29) is 50.0 Å². The van der Waals surface area contributed by atoms with Crippen molar-refractivity contribution in [2.75, 3.05) is 0 Å². The van der Waals surface area contributed by atoms with Crippen molar-refractivity contribution in [3.63, 3.8) is 0 Å². The molecule has 5 heteroatoms. The van der Waals surface area contributed by atoms with Crippen LogP contribution in [0.25, 0.3) is 0 Å². The molecule has 5 heavy (non-hydrogen) atoms. The van der Waals surface area contributed by atoms with Crippen LogP contribution in [0.4, 0.5) is 0 Å². The molecule has 0 saturated carbocycles. The van der Waals surface area contributed by atoms with E-state index in [9.17, 15) is 0 Å². The third-order valence-electron chi connectivity index (χ3n) is 0. The molecule has 0 fully saturated rings. The van der Waals surface area contributed by atoms with E-state index in [2.05, 4.69) is 0 Å². The summed E-state index contributed by atoms with van der Waals surface area (Å²) in [5.74, 6) is 0. The molecule has 0 aromatic heterocycles. The maximum absolute atomic E-state index is 0. The summed E-state index contributed by atoms with van der Waals surface area (Å²) in [4.78, 5) is 0. The molecule has 3 nitrogen and oxygen atoms in total. The fraction of sp³-hybridized carbons (Fsp3) is 0. The first-order chi connectivity index (χ1) is 0. The summed E-state index contributed by atoms with van der Waals surface area (Å²) in [6, 6.07) is 0. The zero-order valence-corrected chi connectivity index (χ0v) is 3.97. The molecule has 0 aliphatic rings. The second-order valence-electron chi connectivity index (χ2n) is 0. The van der Waals surface area contributed by atoms with Gasteiger partial charge < -0.3 is 16.4 Å². The Morgan fingerprint density at radius 1 is 0.600 bits per heavy atom. The van der Waals surface area contributed by atoms with Crippen molar-refractivity contribution in [3.05, 3.63) is 0 Å². The van der Waals surface area contributed by atoms with Crippen LogP contribution >= 0.6 is 0 Å². The molecule has 36 valence electrons. The van der Waals surface area contributed by atoms with E-state index in [1.54, 1.807) is 0 Å². The standard InChI is InChI=1S/2Co.3O/q+2;+4;3*-2. The van der Waals surface area contributed by atoms with E-state index >= 15 is 0 Å². The van der Waals surface area contributed by atoms with E-state index < -0.39 is 0 Å². The molecule has 0 aromatic carbocycles. The van der Waals surface area contributed by atoms with Crippen molar-refractivity contribution in [1.29, 1.82) is 0 Å². The Hall–Kier alpha value is 0.893. The van der Waals surface area contributed by atoms with Crippen molar-refractivity contribution in [2.24, 2.45) is 0 Å². The van der Waals surface area contributed by atoms with E-state index in [1.807, 2.05) is 0 Å². The molecule has 0 rings (SSSR count). The summed E-state index contributed by atoms with van der Waals surface area (Å²) in [6.45, 7) is 0. The Labute approximate surface area is 50.5 Å². The molecule has 0 bridgehead atoms. The molecular weight excluding hydrogens is 166 g/mol. The number of rotatable bonds is 0. The Morgan fingerprint density at radius 3 is 0.600 bits per heavy atom. The predicted molar refractivity (Wildman–Crippen MR) is 2.06 cm³/mol. The molecular formula is Co2O3. The second-order valence-corrected chi connectivity index (χ2v) is 0. The number of hydrogen-bond donors (Lipinski definition) is 0. The predicted octanol–water partition coefficient (Wildman–Crippen LogP) is -0.361. The van der Waals surface area contributed by atoms with E-state index in [4.69, 9.17) is 0 Å². The fourth-order valence-electron chi connectivity index (χ4n) is 0. The molecule has 0 unspecified atom stereocenters. The van der Waals surface area contributed by atoms with Crippen molar-refractivity contribution < 1.29 is 50.0 Å². The third kappa shape index (κ3) is 51.4. The minimum absolute atomic E-state index is 0. The quantitative estimate of drug-likeness (QED) is 0.470. The van der Waals surface area contributed by atoms with Crippen LogP contribution in [0.1, 0.15) is 0 Å². The summed E-state index contributed by atoms with van der Waals surface area (Å²) < 4.78 is 0. The van der Waals surface area contributed by atoms with Gasteiger partial charge in [-0.3, -0.25) is 0 Å². The van der Waals surface area contributed by atoms with Gasteiger partial charge in [0.25, 0.3) is 0 Å². The molecule has 0 heterocycles. The molecule has 0 saturated heterocycles. The van der Waals surface area contributed by atoms with E-state index in [0.717, 1.165) is 0 Å². The van der Waals surface area contributed by atoms with Crippen LogP contribution in [-0.4, -0.2) is 0 Å². The zero-order valence-electron chi connectivity index (χ0n) is 1.89. The van der Waals surface area contributed by atoms with Crippen molar-refractivity contribution in [3.8, 4) is 0 Å². The summed E-state index contributed by atoms with van der Waals surface area (Å²) in [5, 5.41) is 0. The van der Waals surface area contributed by atoms with Gasteiger partial charge in [0.05, 0.1) is 0 Å². The van der Waals surface area contributed by atoms with Gasteiger partial charge in [-0.1, -0.05) is 0 Å². The Kier molecular flexibility index (Phi) is 3290. The fourth-order valence-corrected chi connectivity index (χ4v) is 0. The van der Waals surface area contributed by atoms with Gasteiger partial charge in [-0.15, -0.1) is 0 Å². The van der Waals surface area contributed by atoms with Gasteiger partial charge in [0.15, 0.2) is 0 Å². The molecule has 0 amide bonds. The van der Waals surface area contributed by atoms with Gasteiger partial charge in [-0.2, -0.15) is 0 Å². The minimum atomic E-state index is 0. The maximum Gasteiger partial charge on any atom is 4.00 e. The van der Waals surface area contributed by atoms with Crippen LogP contribution in [0.5, 0.6) is 0 Å². The smallest absolute Gasteiger partial charge is 2.00 e. The maximum atomic E-state index is 0. The van der Waals surface area contributed by atoms with Gasteiger partial charge >= 0.3 is 33.6 Å². The van der Waals surface area contributed by atoms with E-state index in [1.165, 1.54) is 0 Å². The summed E-state index contributed by atoms with van der Waals surface area (Å²) in [7, 11) is 0. The molecule has 0 N–H and O–H groups in total. The van der Waals surface area contributed by atoms with Crippen LogP contribution in [0.15, 0.2) is 0 Å². The largest absolute Gasteiger partial charge is 4.00 e. The normalized spacial score (nSPS) is 0. The van der Waals surface area contributed by atoms with Gasteiger partial charge in [0.2, 0.25) is 0 Å². The Bertz CT molecular complexity index is 4.85. The van der Waals surface area contributed by atoms with Crippen LogP contribution in [0.2, 0.25) is 0 Å². The molecule has 0 atom stereocenters. The summed E-state index contributed by atoms with van der Waals surface area (Å²) in [6.07, 6.45) is 0. The van der Waals surface area contributed by atoms with Gasteiger partial charge in [-0.05, 0) is 0 Å². The van der Waals surface area contributed by atoms with Crippen LogP contribution < -0.4 is 0 Å². The van der Waals surface area contributed by atoms with Crippen molar-refractivity contribution in [1.82, 2.24) is 0 Å². The van der Waals surface area contributed by atoms with E-state index in [0.29, 0.717) is 0 Å². The van der Waals surface area contributed by atoms with Crippen LogP contribution in [0.3, 0.4) is 0 Å². The minimum Gasteiger partial charge on any atom is -2.00 e. The van der Waals surface area contributed by atoms with Crippen molar-refractivity contribution >= 4 is 0 Å². The Balaban J connectivity index is 0. The molecule has 0 aliphatic carbocycles. The average molecular weight is 166 g/mol. The first kappa shape index (κ1) is 177. The molecule has 2 radical (unpaired) electrons. The molecule has 0 spiro atoms. The van der Waals surface area contributed by atoms with Gasteiger partial charge in [0.1, 0.15) is 0 Å². The number of hydrogen-bond acceptors (Lipinski definition) is 0. The second kappa shape index (κ2) is 93.0. The van der Waals surface area contributed by atoms with Gasteiger partial charge in [0, 0.05) is 0 Å². The summed E-state index contributed by atoms with van der Waals surface area (Å²) >= 11 is 0. The first-order valence-electron chi connectivity index (χ1n) is 0.